The molecule has 1 aliphatic heterocycles. The molecule has 3 rings (SSSR count). The predicted octanol–water partition coefficient (Wildman–Crippen LogP) is 2.78. The first-order valence-electron chi connectivity index (χ1n) is 9.32. The summed E-state index contributed by atoms with van der Waals surface area (Å²) >= 11 is 0. The van der Waals surface area contributed by atoms with E-state index in [2.05, 4.69) is 52.8 Å². The molecule has 0 amide bonds. The quantitative estimate of drug-likeness (QED) is 0.581. The van der Waals surface area contributed by atoms with Crippen molar-refractivity contribution in [1.82, 2.24) is 10.6 Å². The van der Waals surface area contributed by atoms with Gasteiger partial charge in [-0.15, -0.1) is 0 Å². The lowest BCUT2D eigenvalue weighted by Crippen LogP contribution is -2.38. The van der Waals surface area contributed by atoms with E-state index in [1.54, 1.807) is 0 Å². The van der Waals surface area contributed by atoms with Crippen LogP contribution in [0.4, 0.5) is 5.69 Å². The molecule has 0 fully saturated rings. The van der Waals surface area contributed by atoms with Crippen molar-refractivity contribution in [1.29, 1.82) is 0 Å². The maximum absolute atomic E-state index is 5.44. The van der Waals surface area contributed by atoms with Crippen molar-refractivity contribution >= 4 is 11.6 Å². The van der Waals surface area contributed by atoms with Gasteiger partial charge in [-0.2, -0.15) is 0 Å². The zero-order valence-corrected chi connectivity index (χ0v) is 16.3. The molecule has 2 aromatic rings. The molecule has 2 N–H and O–H groups in total. The summed E-state index contributed by atoms with van der Waals surface area (Å²) in [5.41, 5.74) is 3.58. The van der Waals surface area contributed by atoms with Gasteiger partial charge in [0.1, 0.15) is 0 Å². The van der Waals surface area contributed by atoms with Crippen LogP contribution in [0, 0.1) is 0 Å². The minimum absolute atomic E-state index is 0.309. The molecule has 1 aliphatic rings. The van der Waals surface area contributed by atoms with Crippen molar-refractivity contribution in [2.45, 2.75) is 19.9 Å². The highest BCUT2D eigenvalue weighted by atomic mass is 16.7. The first-order valence-corrected chi connectivity index (χ1v) is 9.32. The van der Waals surface area contributed by atoms with Gasteiger partial charge in [0.2, 0.25) is 6.79 Å². The molecule has 0 saturated heterocycles. The second-order valence-electron chi connectivity index (χ2n) is 6.62. The number of rotatable bonds is 7. The number of ether oxygens (including phenoxy) is 2. The van der Waals surface area contributed by atoms with E-state index in [1.807, 2.05) is 26.2 Å². The lowest BCUT2D eigenvalue weighted by atomic mass is 10.1. The lowest BCUT2D eigenvalue weighted by Gasteiger charge is -2.14. The van der Waals surface area contributed by atoms with Crippen molar-refractivity contribution in [2.24, 2.45) is 4.99 Å². The summed E-state index contributed by atoms with van der Waals surface area (Å²) in [5, 5.41) is 6.70. The van der Waals surface area contributed by atoms with Gasteiger partial charge in [-0.05, 0) is 48.7 Å². The van der Waals surface area contributed by atoms with Crippen LogP contribution in [0.2, 0.25) is 0 Å². The van der Waals surface area contributed by atoms with E-state index >= 15 is 0 Å². The van der Waals surface area contributed by atoms with Crippen LogP contribution in [-0.2, 0) is 13.0 Å². The Morgan fingerprint density at radius 1 is 1.04 bits per heavy atom. The highest BCUT2D eigenvalue weighted by molar-refractivity contribution is 5.79. The Morgan fingerprint density at radius 3 is 2.70 bits per heavy atom. The Hall–Kier alpha value is -2.89. The van der Waals surface area contributed by atoms with Crippen LogP contribution >= 0.6 is 0 Å². The number of fused-ring (bicyclic) bond motifs is 1. The summed E-state index contributed by atoms with van der Waals surface area (Å²) in [7, 11) is 4.09. The monoisotopic (exact) mass is 368 g/mol. The second kappa shape index (κ2) is 9.16. The van der Waals surface area contributed by atoms with E-state index in [0.29, 0.717) is 13.3 Å². The molecule has 27 heavy (non-hydrogen) atoms. The maximum Gasteiger partial charge on any atom is 0.231 e. The van der Waals surface area contributed by atoms with Crippen LogP contribution in [0.15, 0.2) is 47.5 Å². The van der Waals surface area contributed by atoms with E-state index in [1.165, 1.54) is 16.8 Å². The molecule has 2 aromatic carbocycles. The van der Waals surface area contributed by atoms with Gasteiger partial charge in [-0.25, -0.2) is 4.99 Å². The van der Waals surface area contributed by atoms with Crippen molar-refractivity contribution in [3.05, 3.63) is 53.6 Å². The van der Waals surface area contributed by atoms with Crippen molar-refractivity contribution in [2.75, 3.05) is 38.9 Å². The van der Waals surface area contributed by atoms with E-state index in [0.717, 1.165) is 37.0 Å². The average Bonchev–Trinajstić information content (AvgIpc) is 3.14. The number of benzene rings is 2. The molecule has 0 unspecified atom stereocenters. The first-order chi connectivity index (χ1) is 13.2. The van der Waals surface area contributed by atoms with Crippen molar-refractivity contribution in [3.63, 3.8) is 0 Å². The van der Waals surface area contributed by atoms with Crippen LogP contribution < -0.4 is 25.0 Å². The standard InChI is InChI=1S/C21H28N4O2/c1-4-22-21(24-14-17-6-5-7-18(12-17)25(2)3)23-11-10-16-8-9-19-20(13-16)27-15-26-19/h5-9,12-13H,4,10-11,14-15H2,1-3H3,(H2,22,23,24). The van der Waals surface area contributed by atoms with Crippen LogP contribution in [0.5, 0.6) is 11.5 Å². The summed E-state index contributed by atoms with van der Waals surface area (Å²) in [6.07, 6.45) is 0.886. The Morgan fingerprint density at radius 2 is 1.89 bits per heavy atom. The van der Waals surface area contributed by atoms with Crippen LogP contribution in [-0.4, -0.2) is 39.9 Å². The summed E-state index contributed by atoms with van der Waals surface area (Å²) in [4.78, 5) is 6.80. The van der Waals surface area contributed by atoms with Crippen LogP contribution in [0.25, 0.3) is 0 Å². The zero-order valence-electron chi connectivity index (χ0n) is 16.3. The number of aliphatic imine (C=N–C) groups is 1. The number of nitrogens with zero attached hydrogens (tertiary/aromatic N) is 2. The van der Waals surface area contributed by atoms with E-state index < -0.39 is 0 Å². The van der Waals surface area contributed by atoms with Gasteiger partial charge < -0.3 is 25.0 Å². The third-order valence-electron chi connectivity index (χ3n) is 4.33. The van der Waals surface area contributed by atoms with Crippen molar-refractivity contribution < 1.29 is 9.47 Å². The Labute approximate surface area is 161 Å². The molecule has 0 radical (unpaired) electrons. The molecule has 1 heterocycles. The van der Waals surface area contributed by atoms with Gasteiger partial charge in [0.25, 0.3) is 0 Å². The summed E-state index contributed by atoms with van der Waals surface area (Å²) in [6.45, 7) is 4.64. The van der Waals surface area contributed by atoms with Gasteiger partial charge in [0.05, 0.1) is 6.54 Å². The number of guanidine groups is 1. The van der Waals surface area contributed by atoms with Crippen LogP contribution in [0.3, 0.4) is 0 Å². The minimum Gasteiger partial charge on any atom is -0.454 e. The predicted molar refractivity (Wildman–Crippen MR) is 110 cm³/mol. The zero-order chi connectivity index (χ0) is 19.1. The SMILES string of the molecule is CCNC(=NCc1cccc(N(C)C)c1)NCCc1ccc2c(c1)OCO2. The molecular weight excluding hydrogens is 340 g/mol. The number of hydrogen-bond acceptors (Lipinski definition) is 4. The molecule has 0 aliphatic carbocycles. The summed E-state index contributed by atoms with van der Waals surface area (Å²) < 4.78 is 10.8. The third kappa shape index (κ3) is 5.29. The third-order valence-corrected chi connectivity index (χ3v) is 4.33. The fourth-order valence-corrected chi connectivity index (χ4v) is 2.87. The molecule has 6 heteroatoms. The van der Waals surface area contributed by atoms with E-state index in [9.17, 15) is 0 Å². The fraction of sp³-hybridized carbons (Fsp3) is 0.381. The summed E-state index contributed by atoms with van der Waals surface area (Å²) in [6, 6.07) is 14.5. The second-order valence-corrected chi connectivity index (χ2v) is 6.62. The van der Waals surface area contributed by atoms with Gasteiger partial charge in [-0.3, -0.25) is 0 Å². The van der Waals surface area contributed by atoms with Crippen molar-refractivity contribution in [3.8, 4) is 11.5 Å². The van der Waals surface area contributed by atoms with Gasteiger partial charge in [-0.1, -0.05) is 18.2 Å². The van der Waals surface area contributed by atoms with Gasteiger partial charge >= 0.3 is 0 Å². The highest BCUT2D eigenvalue weighted by Gasteiger charge is 2.12. The summed E-state index contributed by atoms with van der Waals surface area (Å²) in [5.74, 6) is 2.48. The van der Waals surface area contributed by atoms with Crippen LogP contribution in [0.1, 0.15) is 18.1 Å². The average molecular weight is 368 g/mol. The Kier molecular flexibility index (Phi) is 6.41. The van der Waals surface area contributed by atoms with Gasteiger partial charge in [0.15, 0.2) is 17.5 Å². The largest absolute Gasteiger partial charge is 0.454 e. The molecular formula is C21H28N4O2. The highest BCUT2D eigenvalue weighted by Crippen LogP contribution is 2.32. The molecule has 0 spiro atoms. The number of nitrogens with one attached hydrogen (secondary N) is 2. The van der Waals surface area contributed by atoms with E-state index in [-0.39, 0.29) is 0 Å². The molecule has 6 nitrogen and oxygen atoms in total. The number of anilines is 1. The Bertz CT molecular complexity index is 790. The smallest absolute Gasteiger partial charge is 0.231 e. The molecule has 144 valence electrons. The lowest BCUT2D eigenvalue weighted by molar-refractivity contribution is 0.174. The molecule has 0 saturated carbocycles. The minimum atomic E-state index is 0.309. The molecule has 0 aromatic heterocycles. The fourth-order valence-electron chi connectivity index (χ4n) is 2.87. The number of hydrogen-bond donors (Lipinski definition) is 2. The maximum atomic E-state index is 5.44. The normalized spacial score (nSPS) is 12.8. The molecule has 0 bridgehead atoms. The first kappa shape index (κ1) is 18.9. The topological polar surface area (TPSA) is 58.1 Å². The van der Waals surface area contributed by atoms with E-state index in [4.69, 9.17) is 14.5 Å². The molecule has 0 atom stereocenters. The van der Waals surface area contributed by atoms with Gasteiger partial charge in [0, 0.05) is 32.9 Å². The Balaban J connectivity index is 1.55.